The summed E-state index contributed by atoms with van der Waals surface area (Å²) in [5.41, 5.74) is 1.92. The third-order valence-corrected chi connectivity index (χ3v) is 4.82. The monoisotopic (exact) mass is 360 g/mol. The Bertz CT molecular complexity index is 778. The molecule has 3 rings (SSSR count). The van der Waals surface area contributed by atoms with Crippen LogP contribution in [0.4, 0.5) is 0 Å². The van der Waals surface area contributed by atoms with Crippen LogP contribution in [0.2, 0.25) is 0 Å². The molecular formula is C17H17BrN2O2. The molecule has 0 saturated heterocycles. The lowest BCUT2D eigenvalue weighted by molar-refractivity contribution is 0.0756. The first-order chi connectivity index (χ1) is 10.6. The SMILES string of the molecule is C=CCCN1CC(Br)C(=O)c2c(n(C)c3ccccc23)C1=O. The molecule has 22 heavy (non-hydrogen) atoms. The summed E-state index contributed by atoms with van der Waals surface area (Å²) in [5.74, 6) is -0.118. The summed E-state index contributed by atoms with van der Waals surface area (Å²) in [6.07, 6.45) is 2.49. The van der Waals surface area contributed by atoms with E-state index >= 15 is 0 Å². The average molecular weight is 361 g/mol. The molecule has 1 atom stereocenters. The number of nitrogens with zero attached hydrogens (tertiary/aromatic N) is 2. The maximum atomic E-state index is 12.9. The van der Waals surface area contributed by atoms with E-state index in [2.05, 4.69) is 22.5 Å². The second kappa shape index (κ2) is 5.72. The predicted octanol–water partition coefficient (Wildman–Crippen LogP) is 3.16. The van der Waals surface area contributed by atoms with Gasteiger partial charge in [-0.05, 0) is 12.5 Å². The largest absolute Gasteiger partial charge is 0.339 e. The molecule has 1 aliphatic rings. The van der Waals surface area contributed by atoms with Crippen molar-refractivity contribution in [1.82, 2.24) is 9.47 Å². The number of Topliss-reactive ketones (excluding diaryl/α,β-unsaturated/α-hetero) is 1. The molecule has 4 nitrogen and oxygen atoms in total. The molecule has 2 aromatic rings. The highest BCUT2D eigenvalue weighted by molar-refractivity contribution is 9.10. The van der Waals surface area contributed by atoms with E-state index < -0.39 is 0 Å². The van der Waals surface area contributed by atoms with Gasteiger partial charge in [0, 0.05) is 31.0 Å². The lowest BCUT2D eigenvalue weighted by atomic mass is 10.1. The summed E-state index contributed by atoms with van der Waals surface area (Å²) in [6.45, 7) is 4.65. The van der Waals surface area contributed by atoms with Crippen LogP contribution < -0.4 is 0 Å². The Morgan fingerprint density at radius 1 is 1.36 bits per heavy atom. The van der Waals surface area contributed by atoms with Crippen LogP contribution in [-0.2, 0) is 7.05 Å². The Morgan fingerprint density at radius 3 is 2.82 bits per heavy atom. The molecule has 0 fully saturated rings. The number of hydrogen-bond donors (Lipinski definition) is 0. The second-order valence-corrected chi connectivity index (χ2v) is 6.57. The number of carbonyl (C=O) groups is 2. The minimum atomic E-state index is -0.381. The summed E-state index contributed by atoms with van der Waals surface area (Å²) < 4.78 is 1.83. The van der Waals surface area contributed by atoms with E-state index in [1.54, 1.807) is 11.0 Å². The van der Waals surface area contributed by atoms with Crippen LogP contribution in [0.3, 0.4) is 0 Å². The summed E-state index contributed by atoms with van der Waals surface area (Å²) >= 11 is 3.45. The van der Waals surface area contributed by atoms with Crippen molar-refractivity contribution in [3.8, 4) is 0 Å². The van der Waals surface area contributed by atoms with Crippen LogP contribution in [0, 0.1) is 0 Å². The highest BCUT2D eigenvalue weighted by atomic mass is 79.9. The zero-order chi connectivity index (χ0) is 15.9. The number of hydrogen-bond acceptors (Lipinski definition) is 2. The Balaban J connectivity index is 2.23. The smallest absolute Gasteiger partial charge is 0.271 e. The molecule has 0 spiro atoms. The molecule has 114 valence electrons. The number of alkyl halides is 1. The molecule has 0 saturated carbocycles. The van der Waals surface area contributed by atoms with Gasteiger partial charge in [-0.15, -0.1) is 6.58 Å². The molecule has 0 aliphatic carbocycles. The normalized spacial score (nSPS) is 18.5. The number of rotatable bonds is 3. The maximum absolute atomic E-state index is 12.9. The Labute approximate surface area is 137 Å². The summed E-state index contributed by atoms with van der Waals surface area (Å²) in [4.78, 5) is 27.0. The lowest BCUT2D eigenvalue weighted by Crippen LogP contribution is -2.36. The zero-order valence-corrected chi connectivity index (χ0v) is 14.0. The van der Waals surface area contributed by atoms with Crippen LogP contribution in [-0.4, -0.2) is 39.1 Å². The molecule has 0 bridgehead atoms. The first-order valence-electron chi connectivity index (χ1n) is 7.22. The molecule has 0 radical (unpaired) electrons. The fourth-order valence-corrected chi connectivity index (χ4v) is 3.58. The van der Waals surface area contributed by atoms with Gasteiger partial charge in [0.2, 0.25) is 0 Å². The number of amides is 1. The summed E-state index contributed by atoms with van der Waals surface area (Å²) in [7, 11) is 1.84. The van der Waals surface area contributed by atoms with Crippen molar-refractivity contribution in [1.29, 1.82) is 0 Å². The fourth-order valence-electron chi connectivity index (χ4n) is 3.00. The van der Waals surface area contributed by atoms with Gasteiger partial charge in [0.1, 0.15) is 5.69 Å². The minimum absolute atomic E-state index is 0.0266. The average Bonchev–Trinajstić information content (AvgIpc) is 2.78. The third-order valence-electron chi connectivity index (χ3n) is 4.11. The highest BCUT2D eigenvalue weighted by Gasteiger charge is 2.36. The summed E-state index contributed by atoms with van der Waals surface area (Å²) in [5, 5.41) is 0.841. The van der Waals surface area contributed by atoms with E-state index in [1.165, 1.54) is 0 Å². The van der Waals surface area contributed by atoms with Crippen LogP contribution in [0.1, 0.15) is 27.3 Å². The lowest BCUT2D eigenvalue weighted by Gasteiger charge is -2.21. The first-order valence-corrected chi connectivity index (χ1v) is 8.13. The molecule has 2 heterocycles. The molecule has 1 unspecified atom stereocenters. The number of aryl methyl sites for hydroxylation is 1. The first kappa shape index (κ1) is 15.0. The van der Waals surface area contributed by atoms with Crippen LogP contribution in [0.25, 0.3) is 10.9 Å². The summed E-state index contributed by atoms with van der Waals surface area (Å²) in [6, 6.07) is 7.64. The van der Waals surface area contributed by atoms with E-state index in [-0.39, 0.29) is 16.5 Å². The van der Waals surface area contributed by atoms with Gasteiger partial charge in [-0.2, -0.15) is 0 Å². The van der Waals surface area contributed by atoms with Gasteiger partial charge >= 0.3 is 0 Å². The van der Waals surface area contributed by atoms with Gasteiger partial charge in [0.25, 0.3) is 5.91 Å². The Morgan fingerprint density at radius 2 is 2.09 bits per heavy atom. The number of halogens is 1. The predicted molar refractivity (Wildman–Crippen MR) is 90.7 cm³/mol. The van der Waals surface area contributed by atoms with E-state index in [0.717, 1.165) is 10.9 Å². The van der Waals surface area contributed by atoms with Crippen molar-refractivity contribution in [2.75, 3.05) is 13.1 Å². The number of ketones is 1. The number of benzene rings is 1. The zero-order valence-electron chi connectivity index (χ0n) is 12.4. The van der Waals surface area contributed by atoms with Gasteiger partial charge in [-0.1, -0.05) is 40.2 Å². The topological polar surface area (TPSA) is 42.3 Å². The Kier molecular flexibility index (Phi) is 3.91. The van der Waals surface area contributed by atoms with Crippen molar-refractivity contribution in [3.05, 3.63) is 48.2 Å². The molecule has 5 heteroatoms. The van der Waals surface area contributed by atoms with Crippen LogP contribution in [0.15, 0.2) is 36.9 Å². The minimum Gasteiger partial charge on any atom is -0.339 e. The molecular weight excluding hydrogens is 344 g/mol. The van der Waals surface area contributed by atoms with Gasteiger partial charge in [-0.25, -0.2) is 0 Å². The molecule has 0 N–H and O–H groups in total. The van der Waals surface area contributed by atoms with Gasteiger partial charge in [-0.3, -0.25) is 9.59 Å². The van der Waals surface area contributed by atoms with Crippen molar-refractivity contribution < 1.29 is 9.59 Å². The second-order valence-electron chi connectivity index (χ2n) is 5.46. The highest BCUT2D eigenvalue weighted by Crippen LogP contribution is 2.31. The van der Waals surface area contributed by atoms with E-state index in [9.17, 15) is 9.59 Å². The third kappa shape index (κ3) is 2.20. The van der Waals surface area contributed by atoms with Crippen molar-refractivity contribution in [2.24, 2.45) is 7.05 Å². The van der Waals surface area contributed by atoms with E-state index in [0.29, 0.717) is 30.8 Å². The molecule has 1 aromatic heterocycles. The van der Waals surface area contributed by atoms with Crippen LogP contribution >= 0.6 is 15.9 Å². The number of fused-ring (bicyclic) bond motifs is 3. The fraction of sp³-hybridized carbons (Fsp3) is 0.294. The Hall–Kier alpha value is -1.88. The van der Waals surface area contributed by atoms with Crippen LogP contribution in [0.5, 0.6) is 0 Å². The molecule has 1 aromatic carbocycles. The van der Waals surface area contributed by atoms with E-state index in [1.807, 2.05) is 35.9 Å². The number of aromatic nitrogens is 1. The van der Waals surface area contributed by atoms with Gasteiger partial charge in [0.05, 0.1) is 10.4 Å². The quantitative estimate of drug-likeness (QED) is 0.623. The van der Waals surface area contributed by atoms with Crippen molar-refractivity contribution in [3.63, 3.8) is 0 Å². The molecule has 1 amide bonds. The van der Waals surface area contributed by atoms with E-state index in [4.69, 9.17) is 0 Å². The standard InChI is InChI=1S/C17H17BrN2O2/c1-3-4-9-20-10-12(18)16(21)14-11-7-5-6-8-13(11)19(2)15(14)17(20)22/h3,5-8,12H,1,4,9-10H2,2H3. The van der Waals surface area contributed by atoms with Gasteiger partial charge < -0.3 is 9.47 Å². The number of carbonyl (C=O) groups excluding carboxylic acids is 2. The van der Waals surface area contributed by atoms with Crippen molar-refractivity contribution in [2.45, 2.75) is 11.2 Å². The molecule has 1 aliphatic heterocycles. The number of para-hydroxylation sites is 1. The van der Waals surface area contributed by atoms with Crippen molar-refractivity contribution >= 4 is 38.5 Å². The van der Waals surface area contributed by atoms with Gasteiger partial charge in [0.15, 0.2) is 5.78 Å². The maximum Gasteiger partial charge on any atom is 0.271 e.